The Morgan fingerprint density at radius 3 is 1.53 bits per heavy atom. The molecular formula is C9H18O6. The first-order valence-electron chi connectivity index (χ1n) is 4.59. The number of aliphatic carboxylic acids is 2. The molecule has 90 valence electrons. The van der Waals surface area contributed by atoms with E-state index in [1.54, 1.807) is 6.92 Å². The Labute approximate surface area is 88.2 Å². The number of hydrogen-bond donors (Lipinski definition) is 4. The summed E-state index contributed by atoms with van der Waals surface area (Å²) in [6, 6.07) is 0. The van der Waals surface area contributed by atoms with E-state index < -0.39 is 24.1 Å². The fourth-order valence-corrected chi connectivity index (χ4v) is 0.599. The molecule has 0 fully saturated rings. The Balaban J connectivity index is 0. The molecule has 0 amide bonds. The van der Waals surface area contributed by atoms with Crippen molar-refractivity contribution in [3.8, 4) is 0 Å². The number of aliphatic hydroxyl groups excluding tert-OH is 2. The minimum atomic E-state index is -0.963. The summed E-state index contributed by atoms with van der Waals surface area (Å²) in [7, 11) is 0. The van der Waals surface area contributed by atoms with E-state index >= 15 is 0 Å². The van der Waals surface area contributed by atoms with E-state index in [1.807, 2.05) is 0 Å². The first-order valence-corrected chi connectivity index (χ1v) is 4.59. The van der Waals surface area contributed by atoms with Crippen molar-refractivity contribution in [3.63, 3.8) is 0 Å². The van der Waals surface area contributed by atoms with Crippen molar-refractivity contribution in [2.75, 3.05) is 0 Å². The fourth-order valence-electron chi connectivity index (χ4n) is 0.599. The molecule has 2 atom stereocenters. The van der Waals surface area contributed by atoms with Gasteiger partial charge in [0.15, 0.2) is 0 Å². The third kappa shape index (κ3) is 19.3. The molecule has 0 aliphatic carbocycles. The highest BCUT2D eigenvalue weighted by molar-refractivity contribution is 5.67. The lowest BCUT2D eigenvalue weighted by atomic mass is 10.2. The van der Waals surface area contributed by atoms with E-state index in [9.17, 15) is 9.59 Å². The van der Waals surface area contributed by atoms with Crippen LogP contribution in [0.4, 0.5) is 0 Å². The Kier molecular flexibility index (Phi) is 10.2. The van der Waals surface area contributed by atoms with E-state index in [0.29, 0.717) is 6.42 Å². The van der Waals surface area contributed by atoms with Crippen LogP contribution in [0, 0.1) is 0 Å². The van der Waals surface area contributed by atoms with Gasteiger partial charge in [-0.2, -0.15) is 0 Å². The molecule has 0 aromatic rings. The molecule has 0 aliphatic rings. The van der Waals surface area contributed by atoms with Crippen LogP contribution in [0.25, 0.3) is 0 Å². The molecule has 0 bridgehead atoms. The predicted octanol–water partition coefficient (Wildman–Crippen LogP) is 0.0739. The van der Waals surface area contributed by atoms with Gasteiger partial charge in [-0.3, -0.25) is 9.59 Å². The summed E-state index contributed by atoms with van der Waals surface area (Å²) in [5.41, 5.74) is 0. The van der Waals surface area contributed by atoms with Gasteiger partial charge in [0, 0.05) is 0 Å². The van der Waals surface area contributed by atoms with Crippen LogP contribution in [0.1, 0.15) is 33.1 Å². The number of aliphatic hydroxyl groups is 2. The highest BCUT2D eigenvalue weighted by atomic mass is 16.4. The average Bonchev–Trinajstić information content (AvgIpc) is 2.01. The Hall–Kier alpha value is -1.14. The molecule has 6 nitrogen and oxygen atoms in total. The summed E-state index contributed by atoms with van der Waals surface area (Å²) in [4.78, 5) is 19.5. The summed E-state index contributed by atoms with van der Waals surface area (Å²) in [5.74, 6) is -1.91. The van der Waals surface area contributed by atoms with Crippen molar-refractivity contribution in [2.45, 2.75) is 45.3 Å². The van der Waals surface area contributed by atoms with Crippen LogP contribution >= 0.6 is 0 Å². The number of carboxylic acid groups (broad SMARTS) is 2. The standard InChI is InChI=1S/C5H10O3.C4H8O3/c1-2-4(6)3-5(7)8;1-3(5)2-4(6)7/h4,6H,2-3H2,1H3,(H,7,8);3,5H,2H2,1H3,(H,6,7)/t4-;3-/m11/s1. The molecule has 0 heterocycles. The summed E-state index contributed by atoms with van der Waals surface area (Å²) >= 11 is 0. The fraction of sp³-hybridized carbons (Fsp3) is 0.778. The molecule has 6 heteroatoms. The average molecular weight is 222 g/mol. The molecule has 0 radical (unpaired) electrons. The zero-order chi connectivity index (χ0) is 12.4. The van der Waals surface area contributed by atoms with Gasteiger partial charge in [0.05, 0.1) is 25.0 Å². The zero-order valence-electron chi connectivity index (χ0n) is 8.88. The molecule has 0 unspecified atom stereocenters. The van der Waals surface area contributed by atoms with E-state index in [-0.39, 0.29) is 12.8 Å². The lowest BCUT2D eigenvalue weighted by Crippen LogP contribution is -2.10. The molecule has 4 N–H and O–H groups in total. The maximum atomic E-state index is 9.81. The van der Waals surface area contributed by atoms with Crippen molar-refractivity contribution in [1.82, 2.24) is 0 Å². The lowest BCUT2D eigenvalue weighted by molar-refractivity contribution is -0.140. The number of hydrogen-bond acceptors (Lipinski definition) is 4. The smallest absolute Gasteiger partial charge is 0.305 e. The van der Waals surface area contributed by atoms with Crippen LogP contribution in [-0.2, 0) is 9.59 Å². The van der Waals surface area contributed by atoms with E-state index in [4.69, 9.17) is 20.4 Å². The van der Waals surface area contributed by atoms with Crippen molar-refractivity contribution < 1.29 is 30.0 Å². The number of carboxylic acids is 2. The number of rotatable bonds is 5. The quantitative estimate of drug-likeness (QED) is 0.523. The SMILES string of the molecule is CC[C@@H](O)CC(=O)O.C[C@@H](O)CC(=O)O. The van der Waals surface area contributed by atoms with Gasteiger partial charge in [-0.1, -0.05) is 6.92 Å². The Morgan fingerprint density at radius 1 is 1.07 bits per heavy atom. The van der Waals surface area contributed by atoms with Crippen LogP contribution < -0.4 is 0 Å². The molecule has 0 rings (SSSR count). The Bertz CT molecular complexity index is 189. The maximum Gasteiger partial charge on any atom is 0.305 e. The second-order valence-corrected chi connectivity index (χ2v) is 3.11. The van der Waals surface area contributed by atoms with Crippen molar-refractivity contribution in [2.24, 2.45) is 0 Å². The minimum absolute atomic E-state index is 0.142. The molecule has 0 saturated carbocycles. The molecule has 0 aliphatic heterocycles. The minimum Gasteiger partial charge on any atom is -0.481 e. The van der Waals surface area contributed by atoms with Crippen LogP contribution in [0.2, 0.25) is 0 Å². The van der Waals surface area contributed by atoms with Crippen LogP contribution in [0.15, 0.2) is 0 Å². The molecule has 0 saturated heterocycles. The van der Waals surface area contributed by atoms with Crippen molar-refractivity contribution >= 4 is 11.9 Å². The highest BCUT2D eigenvalue weighted by Gasteiger charge is 2.04. The van der Waals surface area contributed by atoms with Crippen molar-refractivity contribution in [1.29, 1.82) is 0 Å². The summed E-state index contributed by atoms with van der Waals surface area (Å²) in [6.07, 6.45) is -1.20. The third-order valence-corrected chi connectivity index (χ3v) is 1.35. The Morgan fingerprint density at radius 2 is 1.47 bits per heavy atom. The molecule has 0 spiro atoms. The molecule has 0 aromatic heterocycles. The van der Waals surface area contributed by atoms with Crippen LogP contribution in [-0.4, -0.2) is 44.6 Å². The largest absolute Gasteiger partial charge is 0.481 e. The monoisotopic (exact) mass is 222 g/mol. The summed E-state index contributed by atoms with van der Waals surface area (Å²) in [5, 5.41) is 33.0. The highest BCUT2D eigenvalue weighted by Crippen LogP contribution is 1.94. The maximum absolute atomic E-state index is 9.81. The van der Waals surface area contributed by atoms with Gasteiger partial charge in [0.25, 0.3) is 0 Å². The van der Waals surface area contributed by atoms with Crippen LogP contribution in [0.3, 0.4) is 0 Å². The first-order chi connectivity index (χ1) is 6.79. The molecule has 0 aromatic carbocycles. The number of carbonyl (C=O) groups is 2. The normalized spacial score (nSPS) is 13.3. The van der Waals surface area contributed by atoms with Gasteiger partial charge >= 0.3 is 11.9 Å². The third-order valence-electron chi connectivity index (χ3n) is 1.35. The summed E-state index contributed by atoms with van der Waals surface area (Å²) in [6.45, 7) is 3.18. The first kappa shape index (κ1) is 16.3. The summed E-state index contributed by atoms with van der Waals surface area (Å²) < 4.78 is 0. The molecule has 15 heavy (non-hydrogen) atoms. The van der Waals surface area contributed by atoms with E-state index in [2.05, 4.69) is 0 Å². The van der Waals surface area contributed by atoms with Crippen LogP contribution in [0.5, 0.6) is 0 Å². The zero-order valence-corrected chi connectivity index (χ0v) is 8.88. The van der Waals surface area contributed by atoms with Gasteiger partial charge in [-0.05, 0) is 13.3 Å². The van der Waals surface area contributed by atoms with E-state index in [1.165, 1.54) is 6.92 Å². The van der Waals surface area contributed by atoms with Gasteiger partial charge < -0.3 is 20.4 Å². The van der Waals surface area contributed by atoms with Gasteiger partial charge in [0.1, 0.15) is 0 Å². The van der Waals surface area contributed by atoms with Gasteiger partial charge in [-0.15, -0.1) is 0 Å². The predicted molar refractivity (Wildman–Crippen MR) is 52.5 cm³/mol. The van der Waals surface area contributed by atoms with Gasteiger partial charge in [-0.25, -0.2) is 0 Å². The van der Waals surface area contributed by atoms with E-state index in [0.717, 1.165) is 0 Å². The topological polar surface area (TPSA) is 115 Å². The lowest BCUT2D eigenvalue weighted by Gasteiger charge is -2.00. The van der Waals surface area contributed by atoms with Gasteiger partial charge in [0.2, 0.25) is 0 Å². The second kappa shape index (κ2) is 9.42. The molecular weight excluding hydrogens is 204 g/mol. The second-order valence-electron chi connectivity index (χ2n) is 3.11. The van der Waals surface area contributed by atoms with Crippen molar-refractivity contribution in [3.05, 3.63) is 0 Å².